The Balaban J connectivity index is 1.30. The van der Waals surface area contributed by atoms with Crippen LogP contribution in [0.15, 0.2) is 41.2 Å². The number of hydrogen-bond donors (Lipinski definition) is 1. The molecule has 0 bridgehead atoms. The fourth-order valence-electron chi connectivity index (χ4n) is 7.23. The fraction of sp³-hybridized carbons (Fsp3) is 0.472. The molecule has 0 aliphatic carbocycles. The van der Waals surface area contributed by atoms with Gasteiger partial charge in [-0.15, -0.1) is 5.10 Å². The number of nitrogens with zero attached hydrogens (tertiary/aromatic N) is 6. The minimum Gasteiger partial charge on any atom is -0.444 e. The molecule has 2 aromatic heterocycles. The molecule has 2 aromatic carbocycles. The van der Waals surface area contributed by atoms with Crippen molar-refractivity contribution in [1.29, 1.82) is 0 Å². The molecule has 7 rings (SSSR count). The first kappa shape index (κ1) is 35.8. The summed E-state index contributed by atoms with van der Waals surface area (Å²) in [6, 6.07) is 7.58. The smallest absolute Gasteiger partial charge is 0.416 e. The summed E-state index contributed by atoms with van der Waals surface area (Å²) in [6.07, 6.45) is -4.78. The normalized spacial score (nSPS) is 19.9. The van der Waals surface area contributed by atoms with Gasteiger partial charge in [-0.1, -0.05) is 30.7 Å². The molecule has 0 radical (unpaired) electrons. The highest BCUT2D eigenvalue weighted by atomic mass is 35.5. The molecular formula is C36H39ClF3N7O5. The van der Waals surface area contributed by atoms with Crippen molar-refractivity contribution in [3.63, 3.8) is 0 Å². The van der Waals surface area contributed by atoms with E-state index in [9.17, 15) is 27.6 Å². The Morgan fingerprint density at radius 3 is 2.42 bits per heavy atom. The minimum absolute atomic E-state index is 0.0155. The third-order valence-electron chi connectivity index (χ3n) is 9.76. The second-order valence-electron chi connectivity index (χ2n) is 15.0. The van der Waals surface area contributed by atoms with Crippen LogP contribution in [0.25, 0.3) is 17.2 Å². The standard InChI is InChI=1S/C36H39ClF3N7O5/c1-19-15-26(30(48)41-25-10-8-22(17-24(25)37)36(38,39)40)46-27(19)28(44-11-13-45(14-12-44)33(50)52-34(2,3)4)31(49)47-32(46)42-29(43-47)20-7-9-23-21(16-20)18-51-35(23,5)6/h7-10,16-17,19,26H,11-15,18H2,1-6H3,(H,41,48)/t19-,26-/m1/s1. The van der Waals surface area contributed by atoms with Crippen molar-refractivity contribution in [3.8, 4) is 11.4 Å². The average Bonchev–Trinajstić information content (AvgIpc) is 3.74. The van der Waals surface area contributed by atoms with Crippen molar-refractivity contribution in [1.82, 2.24) is 24.1 Å². The summed E-state index contributed by atoms with van der Waals surface area (Å²) in [5.41, 5.74) is 1.13. The first-order valence-electron chi connectivity index (χ1n) is 17.1. The van der Waals surface area contributed by atoms with Gasteiger partial charge in [-0.25, -0.2) is 4.79 Å². The predicted molar refractivity (Wildman–Crippen MR) is 188 cm³/mol. The monoisotopic (exact) mass is 741 g/mol. The van der Waals surface area contributed by atoms with Crippen LogP contribution < -0.4 is 15.8 Å². The Labute approximate surface area is 302 Å². The first-order chi connectivity index (χ1) is 24.3. The lowest BCUT2D eigenvalue weighted by molar-refractivity contribution is -0.137. The van der Waals surface area contributed by atoms with E-state index in [4.69, 9.17) is 26.1 Å². The van der Waals surface area contributed by atoms with E-state index in [1.54, 1.807) is 30.2 Å². The van der Waals surface area contributed by atoms with Crippen molar-refractivity contribution in [2.24, 2.45) is 0 Å². The molecule has 0 unspecified atom stereocenters. The summed E-state index contributed by atoms with van der Waals surface area (Å²) >= 11 is 6.21. The van der Waals surface area contributed by atoms with Crippen molar-refractivity contribution >= 4 is 40.8 Å². The number of ether oxygens (including phenoxy) is 2. The number of carbonyl (C=O) groups is 2. The number of carbonyl (C=O) groups excluding carboxylic acids is 2. The lowest BCUT2D eigenvalue weighted by Crippen LogP contribution is -2.51. The van der Waals surface area contributed by atoms with E-state index < -0.39 is 46.5 Å². The van der Waals surface area contributed by atoms with Gasteiger partial charge in [0, 0.05) is 37.7 Å². The molecule has 276 valence electrons. The van der Waals surface area contributed by atoms with Gasteiger partial charge in [0.2, 0.25) is 11.7 Å². The van der Waals surface area contributed by atoms with Gasteiger partial charge in [0.25, 0.3) is 5.56 Å². The Bertz CT molecular complexity index is 2170. The van der Waals surface area contributed by atoms with Gasteiger partial charge in [0.1, 0.15) is 17.3 Å². The number of piperazine rings is 1. The third-order valence-corrected chi connectivity index (χ3v) is 10.1. The topological polar surface area (TPSA) is 123 Å². The predicted octanol–water partition coefficient (Wildman–Crippen LogP) is 6.74. The molecule has 1 fully saturated rings. The maximum Gasteiger partial charge on any atom is 0.416 e. The largest absolute Gasteiger partial charge is 0.444 e. The van der Waals surface area contributed by atoms with Crippen LogP contribution in [0.1, 0.15) is 82.3 Å². The van der Waals surface area contributed by atoms with E-state index in [-0.39, 0.29) is 34.7 Å². The highest BCUT2D eigenvalue weighted by Crippen LogP contribution is 2.43. The van der Waals surface area contributed by atoms with Gasteiger partial charge < -0.3 is 24.6 Å². The second kappa shape index (κ2) is 12.5. The number of amides is 2. The van der Waals surface area contributed by atoms with Crippen LogP contribution in [0.4, 0.5) is 29.3 Å². The van der Waals surface area contributed by atoms with E-state index in [1.165, 1.54) is 4.52 Å². The number of aromatic nitrogens is 4. The van der Waals surface area contributed by atoms with Crippen LogP contribution >= 0.6 is 11.6 Å². The molecule has 2 atom stereocenters. The van der Waals surface area contributed by atoms with E-state index in [0.29, 0.717) is 49.7 Å². The van der Waals surface area contributed by atoms with Crippen LogP contribution in [0.2, 0.25) is 5.02 Å². The van der Waals surface area contributed by atoms with Crippen molar-refractivity contribution < 1.29 is 32.2 Å². The number of rotatable bonds is 4. The molecular weight excluding hydrogens is 703 g/mol. The van der Waals surface area contributed by atoms with Gasteiger partial charge in [0.15, 0.2) is 5.82 Å². The number of anilines is 2. The average molecular weight is 742 g/mol. The maximum atomic E-state index is 14.4. The molecule has 4 aromatic rings. The number of hydrogen-bond acceptors (Lipinski definition) is 8. The summed E-state index contributed by atoms with van der Waals surface area (Å²) < 4.78 is 54.3. The maximum absolute atomic E-state index is 14.4. The molecule has 2 amide bonds. The summed E-state index contributed by atoms with van der Waals surface area (Å²) in [5, 5.41) is 7.11. The SMILES string of the molecule is C[C@@H]1C[C@H](C(=O)Nc2ccc(C(F)(F)F)cc2Cl)n2c1c(N1CCN(C(=O)OC(C)(C)C)CC1)c(=O)n1nc(-c3ccc4c(c3)COC4(C)C)nc21. The zero-order valence-electron chi connectivity index (χ0n) is 29.6. The highest BCUT2D eigenvalue weighted by Gasteiger charge is 2.41. The Hall–Kier alpha value is -4.63. The molecule has 16 heteroatoms. The van der Waals surface area contributed by atoms with Gasteiger partial charge in [-0.2, -0.15) is 22.7 Å². The summed E-state index contributed by atoms with van der Waals surface area (Å²) in [7, 11) is 0. The highest BCUT2D eigenvalue weighted by molar-refractivity contribution is 6.33. The Morgan fingerprint density at radius 2 is 1.77 bits per heavy atom. The molecule has 0 spiro atoms. The van der Waals surface area contributed by atoms with Gasteiger partial charge >= 0.3 is 12.3 Å². The molecule has 1 saturated heterocycles. The molecule has 0 saturated carbocycles. The number of alkyl halides is 3. The van der Waals surface area contributed by atoms with Crippen LogP contribution in [0, 0.1) is 0 Å². The molecule has 5 heterocycles. The molecule has 3 aliphatic rings. The van der Waals surface area contributed by atoms with Crippen LogP contribution in [-0.4, -0.2) is 67.8 Å². The first-order valence-corrected chi connectivity index (χ1v) is 17.4. The van der Waals surface area contributed by atoms with E-state index in [2.05, 4.69) is 10.4 Å². The van der Waals surface area contributed by atoms with Crippen LogP contribution in [0.5, 0.6) is 0 Å². The summed E-state index contributed by atoms with van der Waals surface area (Å²) in [5.74, 6) is -0.433. The zero-order valence-corrected chi connectivity index (χ0v) is 30.4. The quantitative estimate of drug-likeness (QED) is 0.244. The van der Waals surface area contributed by atoms with Gasteiger partial charge in [0.05, 0.1) is 34.2 Å². The van der Waals surface area contributed by atoms with E-state index in [0.717, 1.165) is 29.3 Å². The van der Waals surface area contributed by atoms with Gasteiger partial charge in [-0.05, 0) is 76.4 Å². The Kier molecular flexibility index (Phi) is 8.60. The Morgan fingerprint density at radius 1 is 1.06 bits per heavy atom. The number of nitrogens with one attached hydrogen (secondary N) is 1. The van der Waals surface area contributed by atoms with Crippen LogP contribution in [0.3, 0.4) is 0 Å². The van der Waals surface area contributed by atoms with Crippen molar-refractivity contribution in [3.05, 3.63) is 74.2 Å². The van der Waals surface area contributed by atoms with Crippen molar-refractivity contribution in [2.45, 2.75) is 83.9 Å². The lowest BCUT2D eigenvalue weighted by atomic mass is 9.94. The zero-order chi connectivity index (χ0) is 37.5. The number of fused-ring (bicyclic) bond motifs is 4. The molecule has 1 N–H and O–H groups in total. The summed E-state index contributed by atoms with van der Waals surface area (Å²) in [4.78, 5) is 49.6. The number of halogens is 4. The van der Waals surface area contributed by atoms with E-state index >= 15 is 0 Å². The van der Waals surface area contributed by atoms with Crippen LogP contribution in [-0.2, 0) is 32.7 Å². The van der Waals surface area contributed by atoms with E-state index in [1.807, 2.05) is 43.9 Å². The summed E-state index contributed by atoms with van der Waals surface area (Å²) in [6.45, 7) is 12.9. The molecule has 52 heavy (non-hydrogen) atoms. The lowest BCUT2D eigenvalue weighted by Gasteiger charge is -2.37. The minimum atomic E-state index is -4.61. The fourth-order valence-corrected chi connectivity index (χ4v) is 7.45. The van der Waals surface area contributed by atoms with Gasteiger partial charge in [-0.3, -0.25) is 14.2 Å². The number of benzene rings is 2. The second-order valence-corrected chi connectivity index (χ2v) is 15.4. The molecule has 3 aliphatic heterocycles. The van der Waals surface area contributed by atoms with Crippen molar-refractivity contribution in [2.75, 3.05) is 36.4 Å². The third kappa shape index (κ3) is 6.37. The molecule has 12 nitrogen and oxygen atoms in total.